The Hall–Kier alpha value is -0.290. The molecule has 0 fully saturated rings. The number of benzene rings is 1. The molecule has 0 atom stereocenters. The Balaban J connectivity index is 3.23. The van der Waals surface area contributed by atoms with Crippen molar-refractivity contribution in [3.8, 4) is 0 Å². The van der Waals surface area contributed by atoms with Crippen LogP contribution in [0.5, 0.6) is 0 Å². The van der Waals surface area contributed by atoms with E-state index >= 15 is 0 Å². The quantitative estimate of drug-likeness (QED) is 0.728. The molecule has 0 radical (unpaired) electrons. The van der Waals surface area contributed by atoms with Gasteiger partial charge in [-0.05, 0) is 40.8 Å². The monoisotopic (exact) mass is 281 g/mol. The summed E-state index contributed by atoms with van der Waals surface area (Å²) < 4.78 is 0.825. The van der Waals surface area contributed by atoms with Crippen LogP contribution >= 0.6 is 34.2 Å². The molecule has 1 aromatic carbocycles. The first-order valence-corrected chi connectivity index (χ1v) is 4.23. The van der Waals surface area contributed by atoms with E-state index in [2.05, 4.69) is 0 Å². The van der Waals surface area contributed by atoms with Crippen molar-refractivity contribution < 1.29 is 9.90 Å². The van der Waals surface area contributed by atoms with Crippen molar-refractivity contribution in [2.45, 2.75) is 0 Å². The molecule has 1 aromatic rings. The maximum Gasteiger partial charge on any atom is 0.0730 e. The maximum atomic E-state index is 10.4. The third-order valence-corrected chi connectivity index (χ3v) is 2.15. The standard InChI is InChI=1S/C7H4ClIO2/c8-6-2-1-4(9)3-5(6)7(10)11/h1-3H,(H,10,11)/p-1. The zero-order valence-corrected chi connectivity index (χ0v) is 8.22. The van der Waals surface area contributed by atoms with Crippen LogP contribution in [0.3, 0.4) is 0 Å². The lowest BCUT2D eigenvalue weighted by Gasteiger charge is -2.04. The minimum atomic E-state index is -1.24. The van der Waals surface area contributed by atoms with Gasteiger partial charge in [0.25, 0.3) is 0 Å². The zero-order chi connectivity index (χ0) is 8.43. The molecule has 0 saturated carbocycles. The molecule has 0 aliphatic carbocycles. The number of carboxylic acid groups (broad SMARTS) is 1. The van der Waals surface area contributed by atoms with Gasteiger partial charge in [0.15, 0.2) is 0 Å². The molecule has 0 heterocycles. The van der Waals surface area contributed by atoms with E-state index in [9.17, 15) is 9.90 Å². The molecule has 1 rings (SSSR count). The smallest absolute Gasteiger partial charge is 0.0730 e. The fourth-order valence-corrected chi connectivity index (χ4v) is 1.34. The van der Waals surface area contributed by atoms with Crippen LogP contribution in [0.4, 0.5) is 0 Å². The van der Waals surface area contributed by atoms with Gasteiger partial charge in [-0.15, -0.1) is 0 Å². The molecule has 0 amide bonds. The minimum absolute atomic E-state index is 0.0403. The predicted octanol–water partition coefficient (Wildman–Crippen LogP) is 1.31. The van der Waals surface area contributed by atoms with Gasteiger partial charge in [0.05, 0.1) is 5.97 Å². The fraction of sp³-hybridized carbons (Fsp3) is 0. The summed E-state index contributed by atoms with van der Waals surface area (Å²) in [4.78, 5) is 10.4. The van der Waals surface area contributed by atoms with E-state index in [1.165, 1.54) is 12.1 Å². The van der Waals surface area contributed by atoms with Gasteiger partial charge < -0.3 is 9.90 Å². The van der Waals surface area contributed by atoms with E-state index < -0.39 is 5.97 Å². The summed E-state index contributed by atoms with van der Waals surface area (Å²) in [6.07, 6.45) is 0. The van der Waals surface area contributed by atoms with Crippen LogP contribution in [0.25, 0.3) is 0 Å². The Morgan fingerprint density at radius 1 is 1.55 bits per heavy atom. The normalized spacial score (nSPS) is 9.64. The van der Waals surface area contributed by atoms with Crippen molar-refractivity contribution >= 4 is 40.2 Å². The van der Waals surface area contributed by atoms with Crippen LogP contribution in [0, 0.1) is 3.57 Å². The Morgan fingerprint density at radius 3 is 2.64 bits per heavy atom. The van der Waals surface area contributed by atoms with Crippen molar-refractivity contribution in [2.75, 3.05) is 0 Å². The Kier molecular flexibility index (Phi) is 2.72. The summed E-state index contributed by atoms with van der Waals surface area (Å²) >= 11 is 7.57. The second-order valence-electron chi connectivity index (χ2n) is 1.91. The van der Waals surface area contributed by atoms with Gasteiger partial charge >= 0.3 is 0 Å². The SMILES string of the molecule is O=C([O-])c1cc(I)ccc1Cl. The van der Waals surface area contributed by atoms with Crippen LogP contribution in [0.2, 0.25) is 5.02 Å². The molecule has 58 valence electrons. The van der Waals surface area contributed by atoms with E-state index in [4.69, 9.17) is 11.6 Å². The second kappa shape index (κ2) is 3.40. The van der Waals surface area contributed by atoms with Crippen LogP contribution in [-0.2, 0) is 0 Å². The van der Waals surface area contributed by atoms with Gasteiger partial charge in [-0.25, -0.2) is 0 Å². The number of hydrogen-bond donors (Lipinski definition) is 0. The van der Waals surface area contributed by atoms with Gasteiger partial charge in [-0.3, -0.25) is 0 Å². The number of carbonyl (C=O) groups is 1. The lowest BCUT2D eigenvalue weighted by molar-refractivity contribution is -0.255. The first-order valence-electron chi connectivity index (χ1n) is 2.77. The number of carbonyl (C=O) groups excluding carboxylic acids is 1. The molecule has 0 unspecified atom stereocenters. The highest BCUT2D eigenvalue weighted by Gasteiger charge is 2.00. The number of carboxylic acids is 1. The molecule has 11 heavy (non-hydrogen) atoms. The highest BCUT2D eigenvalue weighted by molar-refractivity contribution is 14.1. The molecular formula is C7H3ClIO2-. The predicted molar refractivity (Wildman–Crippen MR) is 48.5 cm³/mol. The lowest BCUT2D eigenvalue weighted by Crippen LogP contribution is -2.22. The number of hydrogen-bond acceptors (Lipinski definition) is 2. The van der Waals surface area contributed by atoms with Gasteiger partial charge in [0, 0.05) is 14.2 Å². The maximum absolute atomic E-state index is 10.4. The third-order valence-electron chi connectivity index (χ3n) is 1.15. The molecule has 0 N–H and O–H groups in total. The largest absolute Gasteiger partial charge is 0.545 e. The van der Waals surface area contributed by atoms with Crippen LogP contribution < -0.4 is 5.11 Å². The van der Waals surface area contributed by atoms with Gasteiger partial charge in [-0.2, -0.15) is 0 Å². The molecule has 0 spiro atoms. The Morgan fingerprint density at radius 2 is 2.18 bits per heavy atom. The van der Waals surface area contributed by atoms with Gasteiger partial charge in [0.1, 0.15) is 0 Å². The molecular weight excluding hydrogens is 278 g/mol. The molecule has 0 aliphatic rings. The van der Waals surface area contributed by atoms with Gasteiger partial charge in [0.2, 0.25) is 0 Å². The summed E-state index contributed by atoms with van der Waals surface area (Å²) in [7, 11) is 0. The number of aromatic carboxylic acids is 1. The fourth-order valence-electron chi connectivity index (χ4n) is 0.654. The molecule has 0 bridgehead atoms. The first kappa shape index (κ1) is 8.80. The molecule has 0 aliphatic heterocycles. The number of rotatable bonds is 1. The molecule has 0 saturated heterocycles. The average Bonchev–Trinajstić information content (AvgIpc) is 1.94. The zero-order valence-electron chi connectivity index (χ0n) is 5.30. The summed E-state index contributed by atoms with van der Waals surface area (Å²) in [6.45, 7) is 0. The molecule has 2 nitrogen and oxygen atoms in total. The van der Waals surface area contributed by atoms with Crippen molar-refractivity contribution in [1.29, 1.82) is 0 Å². The highest BCUT2D eigenvalue weighted by atomic mass is 127. The van der Waals surface area contributed by atoms with Crippen molar-refractivity contribution in [3.05, 3.63) is 32.4 Å². The van der Waals surface area contributed by atoms with Crippen LogP contribution in [0.15, 0.2) is 18.2 Å². The Bertz CT molecular complexity index is 298. The Labute approximate surface area is 82.3 Å². The van der Waals surface area contributed by atoms with E-state index in [0.29, 0.717) is 0 Å². The van der Waals surface area contributed by atoms with Gasteiger partial charge in [-0.1, -0.05) is 11.6 Å². The first-order chi connectivity index (χ1) is 5.11. The third kappa shape index (κ3) is 2.07. The summed E-state index contributed by atoms with van der Waals surface area (Å²) in [5.41, 5.74) is 0.0403. The lowest BCUT2D eigenvalue weighted by atomic mass is 10.2. The van der Waals surface area contributed by atoms with Crippen molar-refractivity contribution in [3.63, 3.8) is 0 Å². The van der Waals surface area contributed by atoms with E-state index in [0.717, 1.165) is 3.57 Å². The summed E-state index contributed by atoms with van der Waals surface area (Å²) in [5.74, 6) is -1.24. The topological polar surface area (TPSA) is 40.1 Å². The van der Waals surface area contributed by atoms with E-state index in [1.807, 2.05) is 22.6 Å². The van der Waals surface area contributed by atoms with E-state index in [-0.39, 0.29) is 10.6 Å². The van der Waals surface area contributed by atoms with Crippen LogP contribution in [0.1, 0.15) is 10.4 Å². The number of halogens is 2. The van der Waals surface area contributed by atoms with E-state index in [1.54, 1.807) is 6.07 Å². The van der Waals surface area contributed by atoms with Crippen molar-refractivity contribution in [2.24, 2.45) is 0 Å². The minimum Gasteiger partial charge on any atom is -0.545 e. The average molecular weight is 281 g/mol. The summed E-state index contributed by atoms with van der Waals surface area (Å²) in [5, 5.41) is 10.6. The second-order valence-corrected chi connectivity index (χ2v) is 3.56. The van der Waals surface area contributed by atoms with Crippen LogP contribution in [-0.4, -0.2) is 5.97 Å². The molecule has 0 aromatic heterocycles. The highest BCUT2D eigenvalue weighted by Crippen LogP contribution is 2.17. The molecule has 4 heteroatoms. The summed E-state index contributed by atoms with van der Waals surface area (Å²) in [6, 6.07) is 4.74. The van der Waals surface area contributed by atoms with Crippen molar-refractivity contribution in [1.82, 2.24) is 0 Å².